The van der Waals surface area contributed by atoms with Crippen molar-refractivity contribution in [1.29, 1.82) is 0 Å². The number of rotatable bonds is 9. The molecule has 1 N–H and O–H groups in total. The van der Waals surface area contributed by atoms with E-state index in [1.165, 1.54) is 30.9 Å². The number of amides is 2. The SMILES string of the molecule is COc1cc([C@H](C(=O)NC(C)(C)C)N(C(=O)Cn2nnc3ccccc32)c2ccc3c(c2)OCO3)cc(OC)c1OC. The fourth-order valence-corrected chi connectivity index (χ4v) is 4.83. The summed E-state index contributed by atoms with van der Waals surface area (Å²) >= 11 is 0. The summed E-state index contributed by atoms with van der Waals surface area (Å²) in [4.78, 5) is 30.0. The first kappa shape index (κ1) is 28.5. The molecule has 0 radical (unpaired) electrons. The summed E-state index contributed by atoms with van der Waals surface area (Å²) in [5.74, 6) is 1.17. The quantitative estimate of drug-likeness (QED) is 0.316. The molecule has 1 aromatic heterocycles. The summed E-state index contributed by atoms with van der Waals surface area (Å²) in [6, 6.07) is 14.6. The highest BCUT2D eigenvalue weighted by Gasteiger charge is 2.37. The van der Waals surface area contributed by atoms with Gasteiger partial charge in [0.15, 0.2) is 23.0 Å². The van der Waals surface area contributed by atoms with E-state index in [0.29, 0.717) is 51.0 Å². The minimum atomic E-state index is -1.17. The number of anilines is 1. The molecule has 12 heteroatoms. The van der Waals surface area contributed by atoms with E-state index in [-0.39, 0.29) is 13.3 Å². The Balaban J connectivity index is 1.69. The largest absolute Gasteiger partial charge is 0.493 e. The molecule has 1 aliphatic rings. The average Bonchev–Trinajstić information content (AvgIpc) is 3.60. The fourth-order valence-electron chi connectivity index (χ4n) is 4.83. The van der Waals surface area contributed by atoms with Gasteiger partial charge >= 0.3 is 0 Å². The highest BCUT2D eigenvalue weighted by Crippen LogP contribution is 2.43. The molecule has 2 amide bonds. The van der Waals surface area contributed by atoms with E-state index in [2.05, 4.69) is 15.6 Å². The van der Waals surface area contributed by atoms with Gasteiger partial charge in [0.25, 0.3) is 0 Å². The van der Waals surface area contributed by atoms with Crippen LogP contribution in [0.1, 0.15) is 32.4 Å². The molecule has 0 bridgehead atoms. The minimum absolute atomic E-state index is 0.0541. The van der Waals surface area contributed by atoms with Crippen LogP contribution in [-0.4, -0.2) is 60.5 Å². The van der Waals surface area contributed by atoms with E-state index < -0.39 is 23.4 Å². The highest BCUT2D eigenvalue weighted by molar-refractivity contribution is 6.02. The van der Waals surface area contributed by atoms with Crippen molar-refractivity contribution in [1.82, 2.24) is 20.3 Å². The second-order valence-electron chi connectivity index (χ2n) is 10.6. The van der Waals surface area contributed by atoms with Crippen LogP contribution in [0.5, 0.6) is 28.7 Å². The van der Waals surface area contributed by atoms with Gasteiger partial charge in [0.2, 0.25) is 24.4 Å². The molecule has 220 valence electrons. The zero-order chi connectivity index (χ0) is 30.0. The van der Waals surface area contributed by atoms with Crippen LogP contribution in [0.4, 0.5) is 5.69 Å². The first-order valence-electron chi connectivity index (χ1n) is 13.3. The van der Waals surface area contributed by atoms with Gasteiger partial charge in [-0.25, -0.2) is 4.68 Å². The second-order valence-corrected chi connectivity index (χ2v) is 10.6. The third kappa shape index (κ3) is 5.60. The van der Waals surface area contributed by atoms with Gasteiger partial charge in [-0.3, -0.25) is 14.5 Å². The van der Waals surface area contributed by atoms with Gasteiger partial charge < -0.3 is 29.0 Å². The van der Waals surface area contributed by atoms with Crippen LogP contribution in [0.15, 0.2) is 54.6 Å². The van der Waals surface area contributed by atoms with E-state index in [1.54, 1.807) is 30.3 Å². The van der Waals surface area contributed by atoms with Crippen molar-refractivity contribution in [3.8, 4) is 28.7 Å². The van der Waals surface area contributed by atoms with Crippen LogP contribution < -0.4 is 33.9 Å². The van der Waals surface area contributed by atoms with Gasteiger partial charge in [-0.1, -0.05) is 17.3 Å². The number of carbonyl (C=O) groups excluding carboxylic acids is 2. The van der Waals surface area contributed by atoms with Gasteiger partial charge in [0.05, 0.1) is 26.8 Å². The second kappa shape index (κ2) is 11.5. The number of nitrogens with one attached hydrogen (secondary N) is 1. The molecule has 0 fully saturated rings. The number of hydrogen-bond acceptors (Lipinski definition) is 9. The van der Waals surface area contributed by atoms with Gasteiger partial charge in [-0.05, 0) is 62.7 Å². The van der Waals surface area contributed by atoms with Gasteiger partial charge in [-0.2, -0.15) is 0 Å². The van der Waals surface area contributed by atoms with Crippen LogP contribution in [0.3, 0.4) is 0 Å². The molecule has 0 spiro atoms. The summed E-state index contributed by atoms with van der Waals surface area (Å²) in [5, 5.41) is 11.4. The van der Waals surface area contributed by atoms with Crippen molar-refractivity contribution >= 4 is 28.5 Å². The standard InChI is InChI=1S/C30H33N5O7/c1-30(2,3)31-29(37)27(18-13-24(38-4)28(40-6)25(14-18)39-5)35(19-11-12-22-23(15-19)42-17-41-22)26(36)16-34-21-10-8-7-9-20(21)32-33-34/h7-15,27H,16-17H2,1-6H3,(H,31,37)/t27-/m1/s1. The van der Waals surface area contributed by atoms with E-state index in [0.717, 1.165) is 0 Å². The predicted octanol–water partition coefficient (Wildman–Crippen LogP) is 3.88. The number of methoxy groups -OCH3 is 3. The Hall–Kier alpha value is -5.00. The highest BCUT2D eigenvalue weighted by atomic mass is 16.7. The topological polar surface area (TPSA) is 126 Å². The van der Waals surface area contributed by atoms with Crippen LogP contribution in [0, 0.1) is 0 Å². The molecule has 0 unspecified atom stereocenters. The summed E-state index contributed by atoms with van der Waals surface area (Å²) in [6.45, 7) is 5.46. The Morgan fingerprint density at radius 2 is 1.67 bits per heavy atom. The van der Waals surface area contributed by atoms with Crippen LogP contribution in [-0.2, 0) is 16.1 Å². The average molecular weight is 576 g/mol. The Bertz CT molecular complexity index is 1600. The van der Waals surface area contributed by atoms with E-state index in [4.69, 9.17) is 23.7 Å². The third-order valence-electron chi connectivity index (χ3n) is 6.62. The molecule has 0 aliphatic carbocycles. The number of carbonyl (C=O) groups is 2. The van der Waals surface area contributed by atoms with Crippen molar-refractivity contribution in [3.05, 3.63) is 60.2 Å². The first-order valence-corrected chi connectivity index (χ1v) is 13.3. The van der Waals surface area contributed by atoms with E-state index in [9.17, 15) is 9.59 Å². The maximum Gasteiger partial charge on any atom is 0.249 e. The number of hydrogen-bond donors (Lipinski definition) is 1. The van der Waals surface area contributed by atoms with Crippen molar-refractivity contribution in [2.75, 3.05) is 33.0 Å². The molecule has 2 heterocycles. The van der Waals surface area contributed by atoms with Crippen molar-refractivity contribution in [2.24, 2.45) is 0 Å². The predicted molar refractivity (Wildman–Crippen MR) is 154 cm³/mol. The lowest BCUT2D eigenvalue weighted by Gasteiger charge is -2.34. The zero-order valence-corrected chi connectivity index (χ0v) is 24.3. The molecule has 5 rings (SSSR count). The lowest BCUT2D eigenvalue weighted by Crippen LogP contribution is -2.50. The molecule has 12 nitrogen and oxygen atoms in total. The number of nitrogens with zero attached hydrogens (tertiary/aromatic N) is 4. The maximum absolute atomic E-state index is 14.4. The molecule has 0 saturated carbocycles. The van der Waals surface area contributed by atoms with Gasteiger partial charge in [-0.15, -0.1) is 5.10 Å². The normalized spacial score (nSPS) is 13.0. The van der Waals surface area contributed by atoms with Crippen molar-refractivity contribution in [2.45, 2.75) is 38.9 Å². The summed E-state index contributed by atoms with van der Waals surface area (Å²) in [6.07, 6.45) is 0. The van der Waals surface area contributed by atoms with Crippen molar-refractivity contribution in [3.63, 3.8) is 0 Å². The number of benzene rings is 3. The molecule has 42 heavy (non-hydrogen) atoms. The summed E-state index contributed by atoms with van der Waals surface area (Å²) in [7, 11) is 4.47. The van der Waals surface area contributed by atoms with E-state index >= 15 is 0 Å². The summed E-state index contributed by atoms with van der Waals surface area (Å²) in [5.41, 5.74) is 1.56. The Labute approximate surface area is 243 Å². The van der Waals surface area contributed by atoms with Gasteiger partial charge in [0, 0.05) is 17.3 Å². The first-order chi connectivity index (χ1) is 20.1. The minimum Gasteiger partial charge on any atom is -0.493 e. The fraction of sp³-hybridized carbons (Fsp3) is 0.333. The maximum atomic E-state index is 14.4. The third-order valence-corrected chi connectivity index (χ3v) is 6.62. The zero-order valence-electron chi connectivity index (χ0n) is 24.3. The molecular weight excluding hydrogens is 542 g/mol. The number of para-hydroxylation sites is 1. The Morgan fingerprint density at radius 3 is 2.33 bits per heavy atom. The Morgan fingerprint density at radius 1 is 0.976 bits per heavy atom. The van der Waals surface area contributed by atoms with Crippen LogP contribution in [0.2, 0.25) is 0 Å². The number of fused-ring (bicyclic) bond motifs is 2. The smallest absolute Gasteiger partial charge is 0.249 e. The molecule has 4 aromatic rings. The van der Waals surface area contributed by atoms with E-state index in [1.807, 2.05) is 45.0 Å². The van der Waals surface area contributed by atoms with Crippen LogP contribution >= 0.6 is 0 Å². The van der Waals surface area contributed by atoms with Crippen LogP contribution in [0.25, 0.3) is 11.0 Å². The lowest BCUT2D eigenvalue weighted by atomic mass is 9.99. The molecule has 0 saturated heterocycles. The summed E-state index contributed by atoms with van der Waals surface area (Å²) < 4.78 is 29.3. The Kier molecular flexibility index (Phi) is 7.79. The monoisotopic (exact) mass is 575 g/mol. The molecule has 1 aliphatic heterocycles. The van der Waals surface area contributed by atoms with Crippen molar-refractivity contribution < 1.29 is 33.3 Å². The molecule has 1 atom stereocenters. The number of ether oxygens (including phenoxy) is 5. The number of aromatic nitrogens is 3. The van der Waals surface area contributed by atoms with Gasteiger partial charge in [0.1, 0.15) is 18.1 Å². The molecule has 3 aromatic carbocycles. The lowest BCUT2D eigenvalue weighted by molar-refractivity contribution is -0.128. The molecular formula is C30H33N5O7.